The van der Waals surface area contributed by atoms with E-state index >= 15 is 0 Å². The summed E-state index contributed by atoms with van der Waals surface area (Å²) in [5.74, 6) is 0. The van der Waals surface area contributed by atoms with E-state index in [1.807, 2.05) is 0 Å². The molecule has 0 nitrogen and oxygen atoms in total. The van der Waals surface area contributed by atoms with Gasteiger partial charge in [-0.25, -0.2) is 0 Å². The first-order chi connectivity index (χ1) is 18.6. The van der Waals surface area contributed by atoms with Crippen LogP contribution in [0, 0.1) is 0 Å². The van der Waals surface area contributed by atoms with Crippen molar-refractivity contribution in [3.8, 4) is 0 Å². The molecule has 0 aliphatic heterocycles. The number of hydrogen-bond acceptors (Lipinski definition) is 0. The highest BCUT2D eigenvalue weighted by Crippen LogP contribution is 2.52. The molecule has 0 radical (unpaired) electrons. The van der Waals surface area contributed by atoms with Crippen LogP contribution in [0.1, 0.15) is 33.4 Å². The fourth-order valence-corrected chi connectivity index (χ4v) is 4.55. The molecule has 18 heteroatoms. The van der Waals surface area contributed by atoms with E-state index in [0.717, 1.165) is 0 Å². The SMILES string of the molecule is FC(F)(F)c1cc(C(F)(F)F)c2c(c1)c1cc(C(F)(F)F)cc(C(F)(F)F)c1c1cc(C(F)(F)F)c(C(F)(F)F)cc12. The predicted molar refractivity (Wildman–Crippen MR) is 109 cm³/mol. The molecule has 0 N–H and O–H groups in total. The first-order valence-electron chi connectivity index (χ1n) is 10.6. The molecule has 0 bridgehead atoms. The molecular weight excluding hydrogens is 630 g/mol. The first kappa shape index (κ1) is 31.3. The average Bonchev–Trinajstić information content (AvgIpc) is 2.78. The molecular formula is C24H6F18. The van der Waals surface area contributed by atoms with Crippen molar-refractivity contribution in [2.75, 3.05) is 0 Å². The fourth-order valence-electron chi connectivity index (χ4n) is 4.55. The number of halogens is 18. The quantitative estimate of drug-likeness (QED) is 0.133. The summed E-state index contributed by atoms with van der Waals surface area (Å²) in [5.41, 5.74) is -14.9. The Labute approximate surface area is 219 Å². The molecule has 0 fully saturated rings. The van der Waals surface area contributed by atoms with Gasteiger partial charge in [0.2, 0.25) is 0 Å². The zero-order valence-electron chi connectivity index (χ0n) is 19.3. The second kappa shape index (κ2) is 8.95. The number of benzene rings is 4. The van der Waals surface area contributed by atoms with E-state index in [2.05, 4.69) is 0 Å². The second-order valence-electron chi connectivity index (χ2n) is 8.82. The highest BCUT2D eigenvalue weighted by atomic mass is 19.4. The van der Waals surface area contributed by atoms with Gasteiger partial charge in [-0.1, -0.05) is 0 Å². The maximum Gasteiger partial charge on any atom is 0.417 e. The summed E-state index contributed by atoms with van der Waals surface area (Å²) in [4.78, 5) is 0. The molecule has 228 valence electrons. The van der Waals surface area contributed by atoms with Gasteiger partial charge in [-0.2, -0.15) is 79.0 Å². The molecule has 0 spiro atoms. The van der Waals surface area contributed by atoms with E-state index in [0.29, 0.717) is 0 Å². The normalized spacial score (nSPS) is 14.4. The smallest absolute Gasteiger partial charge is 0.166 e. The van der Waals surface area contributed by atoms with Crippen LogP contribution in [0.4, 0.5) is 79.0 Å². The number of rotatable bonds is 0. The van der Waals surface area contributed by atoms with E-state index in [4.69, 9.17) is 0 Å². The van der Waals surface area contributed by atoms with Gasteiger partial charge in [0.1, 0.15) is 0 Å². The van der Waals surface area contributed by atoms with Crippen LogP contribution < -0.4 is 0 Å². The Balaban J connectivity index is 2.55. The van der Waals surface area contributed by atoms with E-state index in [9.17, 15) is 79.0 Å². The summed E-state index contributed by atoms with van der Waals surface area (Å²) in [6.07, 6.45) is -35.4. The lowest BCUT2D eigenvalue weighted by Gasteiger charge is -2.23. The molecule has 4 aromatic rings. The predicted octanol–water partition coefficient (Wildman–Crippen LogP) is 11.3. The molecule has 0 heterocycles. The van der Waals surface area contributed by atoms with Crippen LogP contribution in [0.15, 0.2) is 36.4 Å². The average molecular weight is 636 g/mol. The van der Waals surface area contributed by atoms with Gasteiger partial charge in [-0.3, -0.25) is 0 Å². The molecule has 4 rings (SSSR count). The maximum atomic E-state index is 14.0. The Hall–Kier alpha value is -3.60. The summed E-state index contributed by atoms with van der Waals surface area (Å²) in [6, 6.07) is -3.23. The molecule has 4 aromatic carbocycles. The van der Waals surface area contributed by atoms with Gasteiger partial charge in [0.25, 0.3) is 0 Å². The summed E-state index contributed by atoms with van der Waals surface area (Å²) in [6.45, 7) is 0. The third-order valence-electron chi connectivity index (χ3n) is 6.14. The second-order valence-corrected chi connectivity index (χ2v) is 8.82. The highest BCUT2D eigenvalue weighted by Gasteiger charge is 2.46. The van der Waals surface area contributed by atoms with Crippen molar-refractivity contribution in [3.05, 3.63) is 69.8 Å². The first-order valence-corrected chi connectivity index (χ1v) is 10.6. The van der Waals surface area contributed by atoms with Crippen LogP contribution in [0.5, 0.6) is 0 Å². The Morgan fingerprint density at radius 2 is 0.500 bits per heavy atom. The van der Waals surface area contributed by atoms with Crippen LogP contribution >= 0.6 is 0 Å². The summed E-state index contributed by atoms with van der Waals surface area (Å²) in [7, 11) is 0. The Bertz CT molecular complexity index is 1570. The third-order valence-corrected chi connectivity index (χ3v) is 6.14. The molecule has 0 saturated heterocycles. The van der Waals surface area contributed by atoms with E-state index in [-0.39, 0.29) is 12.1 Å². The van der Waals surface area contributed by atoms with Crippen molar-refractivity contribution in [1.29, 1.82) is 0 Å². The maximum absolute atomic E-state index is 14.0. The third kappa shape index (κ3) is 5.34. The van der Waals surface area contributed by atoms with Crippen molar-refractivity contribution in [1.82, 2.24) is 0 Å². The molecule has 0 aromatic heterocycles. The van der Waals surface area contributed by atoms with Crippen molar-refractivity contribution < 1.29 is 79.0 Å². The van der Waals surface area contributed by atoms with Crippen molar-refractivity contribution >= 4 is 32.3 Å². The van der Waals surface area contributed by atoms with Crippen LogP contribution in [-0.4, -0.2) is 0 Å². The van der Waals surface area contributed by atoms with Crippen LogP contribution in [0.25, 0.3) is 32.3 Å². The van der Waals surface area contributed by atoms with Crippen LogP contribution in [-0.2, 0) is 37.1 Å². The van der Waals surface area contributed by atoms with Crippen molar-refractivity contribution in [2.24, 2.45) is 0 Å². The minimum Gasteiger partial charge on any atom is -0.166 e. The van der Waals surface area contributed by atoms with E-state index in [1.165, 1.54) is 0 Å². The van der Waals surface area contributed by atoms with Gasteiger partial charge in [0, 0.05) is 10.8 Å². The van der Waals surface area contributed by atoms with Gasteiger partial charge in [0.15, 0.2) is 0 Å². The standard InChI is InChI=1S/C24H6F18/c25-19(26,27)7-1-9-10-2-8(20(28,29)30)4-16(24(40,41)42)18(10)12-6-14(22(34,35)36)13(21(31,32)33)5-11(12)17(9)15(3-7)23(37,38)39/h1-6H. The van der Waals surface area contributed by atoms with Crippen molar-refractivity contribution in [3.63, 3.8) is 0 Å². The summed E-state index contributed by atoms with van der Waals surface area (Å²) < 4.78 is 247. The number of alkyl halides is 18. The van der Waals surface area contributed by atoms with E-state index < -0.39 is 127 Å². The van der Waals surface area contributed by atoms with Gasteiger partial charge < -0.3 is 0 Å². The Morgan fingerprint density at radius 3 is 0.714 bits per heavy atom. The largest absolute Gasteiger partial charge is 0.417 e. The van der Waals surface area contributed by atoms with Crippen molar-refractivity contribution in [2.45, 2.75) is 37.1 Å². The summed E-state index contributed by atoms with van der Waals surface area (Å²) in [5, 5.41) is -10.3. The Morgan fingerprint density at radius 1 is 0.262 bits per heavy atom. The number of fused-ring (bicyclic) bond motifs is 6. The van der Waals surface area contributed by atoms with Crippen LogP contribution in [0.3, 0.4) is 0 Å². The number of hydrogen-bond donors (Lipinski definition) is 0. The van der Waals surface area contributed by atoms with Gasteiger partial charge in [-0.15, -0.1) is 0 Å². The minimum absolute atomic E-state index is 0.322. The molecule has 0 amide bonds. The zero-order valence-corrected chi connectivity index (χ0v) is 19.3. The monoisotopic (exact) mass is 636 g/mol. The highest BCUT2D eigenvalue weighted by molar-refractivity contribution is 6.27. The van der Waals surface area contributed by atoms with Gasteiger partial charge >= 0.3 is 37.1 Å². The lowest BCUT2D eigenvalue weighted by Crippen LogP contribution is -2.17. The molecule has 42 heavy (non-hydrogen) atoms. The molecule has 0 aliphatic rings. The van der Waals surface area contributed by atoms with Gasteiger partial charge in [-0.05, 0) is 57.9 Å². The Kier molecular flexibility index (Phi) is 6.68. The summed E-state index contributed by atoms with van der Waals surface area (Å²) >= 11 is 0. The molecule has 0 unspecified atom stereocenters. The van der Waals surface area contributed by atoms with Crippen LogP contribution in [0.2, 0.25) is 0 Å². The lowest BCUT2D eigenvalue weighted by atomic mass is 9.85. The lowest BCUT2D eigenvalue weighted by molar-refractivity contribution is -0.161. The molecule has 0 aliphatic carbocycles. The van der Waals surface area contributed by atoms with E-state index in [1.54, 1.807) is 0 Å². The van der Waals surface area contributed by atoms with Gasteiger partial charge in [0.05, 0.1) is 33.4 Å². The topological polar surface area (TPSA) is 0 Å². The molecule has 0 atom stereocenters. The fraction of sp³-hybridized carbons (Fsp3) is 0.250. The zero-order chi connectivity index (χ0) is 32.2. The minimum atomic E-state index is -6.02. The molecule has 0 saturated carbocycles.